The molecule has 7 nitrogen and oxygen atoms in total. The van der Waals surface area contributed by atoms with E-state index in [-0.39, 0.29) is 36.1 Å². The monoisotopic (exact) mass is 279 g/mol. The van der Waals surface area contributed by atoms with Crippen LogP contribution in [0.15, 0.2) is 18.5 Å². The second kappa shape index (κ2) is 6.85. The van der Waals surface area contributed by atoms with Gasteiger partial charge in [-0.15, -0.1) is 0 Å². The Morgan fingerprint density at radius 2 is 2.10 bits per heavy atom. The first kappa shape index (κ1) is 14.3. The van der Waals surface area contributed by atoms with Crippen molar-refractivity contribution in [3.05, 3.63) is 24.0 Å². The van der Waals surface area contributed by atoms with Crippen LogP contribution in [0.3, 0.4) is 0 Å². The predicted molar refractivity (Wildman–Crippen MR) is 70.3 cm³/mol. The molecule has 1 aromatic rings. The van der Waals surface area contributed by atoms with Gasteiger partial charge in [0.25, 0.3) is 5.91 Å². The van der Waals surface area contributed by atoms with Crippen molar-refractivity contribution in [3.8, 4) is 5.75 Å². The number of amides is 2. The molecule has 0 aliphatic carbocycles. The standard InChI is InChI=1S/C13H17N3O4/c17-11-7-10(8-14-9-11)13(19)15-2-1-12(18)16-3-5-20-6-4-16/h7-9,17H,1-6H2,(H,15,19). The average Bonchev–Trinajstić information content (AvgIpc) is 2.48. The van der Waals surface area contributed by atoms with Crippen LogP contribution in [0.5, 0.6) is 5.75 Å². The number of hydrogen-bond donors (Lipinski definition) is 2. The highest BCUT2D eigenvalue weighted by atomic mass is 16.5. The lowest BCUT2D eigenvalue weighted by atomic mass is 10.2. The number of hydrogen-bond acceptors (Lipinski definition) is 5. The number of morpholine rings is 1. The minimum Gasteiger partial charge on any atom is -0.506 e. The summed E-state index contributed by atoms with van der Waals surface area (Å²) in [5, 5.41) is 11.9. The molecule has 0 unspecified atom stereocenters. The Hall–Kier alpha value is -2.15. The molecule has 2 rings (SSSR count). The summed E-state index contributed by atoms with van der Waals surface area (Å²) in [4.78, 5) is 29.0. The van der Waals surface area contributed by atoms with Gasteiger partial charge in [-0.3, -0.25) is 14.6 Å². The number of aromatic hydroxyl groups is 1. The number of ether oxygens (including phenoxy) is 1. The topological polar surface area (TPSA) is 91.8 Å². The van der Waals surface area contributed by atoms with Crippen LogP contribution in [-0.4, -0.2) is 59.7 Å². The smallest absolute Gasteiger partial charge is 0.252 e. The molecule has 1 aromatic heterocycles. The van der Waals surface area contributed by atoms with E-state index < -0.39 is 0 Å². The van der Waals surface area contributed by atoms with Gasteiger partial charge < -0.3 is 20.1 Å². The van der Waals surface area contributed by atoms with Crippen LogP contribution in [-0.2, 0) is 9.53 Å². The van der Waals surface area contributed by atoms with Crippen LogP contribution in [0.1, 0.15) is 16.8 Å². The van der Waals surface area contributed by atoms with E-state index in [4.69, 9.17) is 4.74 Å². The lowest BCUT2D eigenvalue weighted by Crippen LogP contribution is -2.42. The van der Waals surface area contributed by atoms with Gasteiger partial charge in [0.2, 0.25) is 5.91 Å². The molecule has 108 valence electrons. The first-order chi connectivity index (χ1) is 9.66. The molecule has 2 heterocycles. The zero-order valence-corrected chi connectivity index (χ0v) is 11.0. The van der Waals surface area contributed by atoms with E-state index in [1.807, 2.05) is 0 Å². The van der Waals surface area contributed by atoms with Gasteiger partial charge in [-0.1, -0.05) is 0 Å². The molecule has 2 N–H and O–H groups in total. The molecule has 7 heteroatoms. The van der Waals surface area contributed by atoms with Gasteiger partial charge in [0, 0.05) is 32.3 Å². The Labute approximate surface area is 116 Å². The molecule has 0 spiro atoms. The number of pyridine rings is 1. The molecule has 2 amide bonds. The summed E-state index contributed by atoms with van der Waals surface area (Å²) < 4.78 is 5.17. The van der Waals surface area contributed by atoms with E-state index in [1.165, 1.54) is 18.5 Å². The molecule has 1 aliphatic rings. The summed E-state index contributed by atoms with van der Waals surface area (Å²) in [6.45, 7) is 2.58. The number of rotatable bonds is 4. The lowest BCUT2D eigenvalue weighted by molar-refractivity contribution is -0.135. The number of aromatic nitrogens is 1. The SMILES string of the molecule is O=C(NCCC(=O)N1CCOCC1)c1cncc(O)c1. The van der Waals surface area contributed by atoms with E-state index in [2.05, 4.69) is 10.3 Å². The second-order valence-electron chi connectivity index (χ2n) is 4.43. The van der Waals surface area contributed by atoms with E-state index >= 15 is 0 Å². The third kappa shape index (κ3) is 3.92. The maximum atomic E-state index is 11.8. The molecule has 1 aliphatic heterocycles. The van der Waals surface area contributed by atoms with Crippen LogP contribution in [0.4, 0.5) is 0 Å². The molecular formula is C13H17N3O4. The van der Waals surface area contributed by atoms with Gasteiger partial charge in [-0.25, -0.2) is 0 Å². The fourth-order valence-corrected chi connectivity index (χ4v) is 1.91. The summed E-state index contributed by atoms with van der Waals surface area (Å²) >= 11 is 0. The van der Waals surface area contributed by atoms with Crippen LogP contribution < -0.4 is 5.32 Å². The van der Waals surface area contributed by atoms with Crippen molar-refractivity contribution in [1.29, 1.82) is 0 Å². The van der Waals surface area contributed by atoms with Gasteiger partial charge in [0.15, 0.2) is 0 Å². The van der Waals surface area contributed by atoms with Crippen molar-refractivity contribution >= 4 is 11.8 Å². The van der Waals surface area contributed by atoms with E-state index in [0.717, 1.165) is 0 Å². The highest BCUT2D eigenvalue weighted by molar-refractivity contribution is 5.94. The Morgan fingerprint density at radius 1 is 1.35 bits per heavy atom. The summed E-state index contributed by atoms with van der Waals surface area (Å²) in [5.41, 5.74) is 0.267. The zero-order chi connectivity index (χ0) is 14.4. The summed E-state index contributed by atoms with van der Waals surface area (Å²) in [6, 6.07) is 1.33. The van der Waals surface area contributed by atoms with Crippen LogP contribution in [0.2, 0.25) is 0 Å². The molecule has 0 atom stereocenters. The molecule has 0 saturated carbocycles. The first-order valence-electron chi connectivity index (χ1n) is 6.44. The Balaban J connectivity index is 1.75. The third-order valence-electron chi connectivity index (χ3n) is 2.97. The summed E-state index contributed by atoms with van der Waals surface area (Å²) in [6.07, 6.45) is 2.86. The number of nitrogens with zero attached hydrogens (tertiary/aromatic N) is 2. The van der Waals surface area contributed by atoms with Gasteiger partial charge in [-0.2, -0.15) is 0 Å². The Morgan fingerprint density at radius 3 is 2.80 bits per heavy atom. The molecule has 1 saturated heterocycles. The quantitative estimate of drug-likeness (QED) is 0.794. The summed E-state index contributed by atoms with van der Waals surface area (Å²) in [7, 11) is 0. The largest absolute Gasteiger partial charge is 0.506 e. The highest BCUT2D eigenvalue weighted by Crippen LogP contribution is 2.08. The van der Waals surface area contributed by atoms with Gasteiger partial charge in [0.1, 0.15) is 5.75 Å². The molecule has 1 fully saturated rings. The van der Waals surface area contributed by atoms with E-state index in [9.17, 15) is 14.7 Å². The summed E-state index contributed by atoms with van der Waals surface area (Å²) in [5.74, 6) is -0.423. The fourth-order valence-electron chi connectivity index (χ4n) is 1.91. The molecule has 20 heavy (non-hydrogen) atoms. The molecule has 0 bridgehead atoms. The van der Waals surface area contributed by atoms with E-state index in [0.29, 0.717) is 26.3 Å². The molecular weight excluding hydrogens is 262 g/mol. The maximum absolute atomic E-state index is 11.8. The lowest BCUT2D eigenvalue weighted by Gasteiger charge is -2.26. The van der Waals surface area contributed by atoms with Crippen LogP contribution >= 0.6 is 0 Å². The first-order valence-corrected chi connectivity index (χ1v) is 6.44. The Bertz CT molecular complexity index is 486. The maximum Gasteiger partial charge on any atom is 0.252 e. The highest BCUT2D eigenvalue weighted by Gasteiger charge is 2.16. The molecule has 0 radical (unpaired) electrons. The van der Waals surface area contributed by atoms with Crippen molar-refractivity contribution in [1.82, 2.24) is 15.2 Å². The number of carbonyl (C=O) groups excluding carboxylic acids is 2. The van der Waals surface area contributed by atoms with Gasteiger partial charge >= 0.3 is 0 Å². The molecule has 0 aromatic carbocycles. The minimum absolute atomic E-state index is 0.00244. The fraction of sp³-hybridized carbons (Fsp3) is 0.462. The van der Waals surface area contributed by atoms with Crippen molar-refractivity contribution in [3.63, 3.8) is 0 Å². The predicted octanol–water partition coefficient (Wildman–Crippen LogP) is -0.234. The van der Waals surface area contributed by atoms with Gasteiger partial charge in [0.05, 0.1) is 25.0 Å². The van der Waals surface area contributed by atoms with Crippen molar-refractivity contribution in [2.75, 3.05) is 32.8 Å². The Kier molecular flexibility index (Phi) is 4.89. The number of carbonyl (C=O) groups is 2. The van der Waals surface area contributed by atoms with E-state index in [1.54, 1.807) is 4.90 Å². The van der Waals surface area contributed by atoms with Gasteiger partial charge in [-0.05, 0) is 6.07 Å². The van der Waals surface area contributed by atoms with Crippen LogP contribution in [0, 0.1) is 0 Å². The van der Waals surface area contributed by atoms with Crippen LogP contribution in [0.25, 0.3) is 0 Å². The van der Waals surface area contributed by atoms with Crippen molar-refractivity contribution in [2.24, 2.45) is 0 Å². The minimum atomic E-state index is -0.358. The van der Waals surface area contributed by atoms with Crippen molar-refractivity contribution in [2.45, 2.75) is 6.42 Å². The normalized spacial score (nSPS) is 14.9. The second-order valence-corrected chi connectivity index (χ2v) is 4.43. The number of nitrogens with one attached hydrogen (secondary N) is 1. The van der Waals surface area contributed by atoms with Crippen molar-refractivity contribution < 1.29 is 19.4 Å². The zero-order valence-electron chi connectivity index (χ0n) is 11.0. The average molecular weight is 279 g/mol. The third-order valence-corrected chi connectivity index (χ3v) is 2.97.